The van der Waals surface area contributed by atoms with E-state index in [0.717, 1.165) is 17.7 Å². The van der Waals surface area contributed by atoms with Crippen LogP contribution in [-0.2, 0) is 11.8 Å². The Balaban J connectivity index is 1.76. The van der Waals surface area contributed by atoms with Crippen LogP contribution in [0.2, 0.25) is 0 Å². The lowest BCUT2D eigenvalue weighted by molar-refractivity contribution is 0.200. The number of rotatable bonds is 2. The maximum absolute atomic E-state index is 6.41. The predicted octanol–water partition coefficient (Wildman–Crippen LogP) is 3.99. The number of para-hydroxylation sites is 1. The lowest BCUT2D eigenvalue weighted by Gasteiger charge is -2.22. The molecule has 2 heteroatoms. The molecule has 0 bridgehead atoms. The zero-order valence-corrected chi connectivity index (χ0v) is 13.0. The van der Waals surface area contributed by atoms with Crippen molar-refractivity contribution in [2.24, 2.45) is 5.73 Å². The predicted molar refractivity (Wildman–Crippen MR) is 86.6 cm³/mol. The monoisotopic (exact) mass is 281 g/mol. The van der Waals surface area contributed by atoms with Crippen molar-refractivity contribution in [3.05, 3.63) is 65.2 Å². The minimum Gasteiger partial charge on any atom is -0.488 e. The van der Waals surface area contributed by atoms with Gasteiger partial charge in [0, 0.05) is 6.42 Å². The van der Waals surface area contributed by atoms with Crippen molar-refractivity contribution < 1.29 is 4.74 Å². The second kappa shape index (κ2) is 5.19. The number of hydrogen-bond acceptors (Lipinski definition) is 2. The molecular formula is C19H23NO. The smallest absolute Gasteiger partial charge is 0.123 e. The first-order valence-electron chi connectivity index (χ1n) is 7.56. The summed E-state index contributed by atoms with van der Waals surface area (Å²) in [6.07, 6.45) is 0.918. The van der Waals surface area contributed by atoms with E-state index in [4.69, 9.17) is 10.5 Å². The van der Waals surface area contributed by atoms with Crippen LogP contribution >= 0.6 is 0 Å². The zero-order chi connectivity index (χ0) is 15.0. The highest BCUT2D eigenvalue weighted by atomic mass is 16.5. The summed E-state index contributed by atoms with van der Waals surface area (Å²) >= 11 is 0. The minimum atomic E-state index is -0.0913. The standard InChI is InChI=1S/C19H23NO/c1-19(2,3)15-10-8-13(9-11-15)18(20)17-12-14-6-4-5-7-16(14)21-17/h4-11,17-18H,12,20H2,1-3H3. The topological polar surface area (TPSA) is 35.2 Å². The number of hydrogen-bond donors (Lipinski definition) is 1. The van der Waals surface area contributed by atoms with Gasteiger partial charge >= 0.3 is 0 Å². The molecule has 0 radical (unpaired) electrons. The summed E-state index contributed by atoms with van der Waals surface area (Å²) < 4.78 is 6.00. The van der Waals surface area contributed by atoms with E-state index < -0.39 is 0 Å². The first-order chi connectivity index (χ1) is 9.95. The largest absolute Gasteiger partial charge is 0.488 e. The molecule has 2 atom stereocenters. The van der Waals surface area contributed by atoms with Gasteiger partial charge in [0.2, 0.25) is 0 Å². The summed E-state index contributed by atoms with van der Waals surface area (Å²) in [5, 5.41) is 0. The van der Waals surface area contributed by atoms with Gasteiger partial charge in [-0.05, 0) is 28.2 Å². The molecule has 2 unspecified atom stereocenters. The summed E-state index contributed by atoms with van der Waals surface area (Å²) in [6.45, 7) is 6.66. The van der Waals surface area contributed by atoms with Crippen molar-refractivity contribution in [3.8, 4) is 5.75 Å². The molecule has 0 aliphatic carbocycles. The molecule has 2 N–H and O–H groups in total. The molecule has 0 fully saturated rings. The number of nitrogens with two attached hydrogens (primary N) is 1. The van der Waals surface area contributed by atoms with E-state index in [9.17, 15) is 0 Å². The van der Waals surface area contributed by atoms with Crippen LogP contribution in [0.5, 0.6) is 5.75 Å². The van der Waals surface area contributed by atoms with Gasteiger partial charge in [-0.15, -0.1) is 0 Å². The van der Waals surface area contributed by atoms with Crippen LogP contribution < -0.4 is 10.5 Å². The van der Waals surface area contributed by atoms with Crippen molar-refractivity contribution in [1.82, 2.24) is 0 Å². The van der Waals surface area contributed by atoms with E-state index in [-0.39, 0.29) is 17.6 Å². The Morgan fingerprint density at radius 2 is 1.71 bits per heavy atom. The van der Waals surface area contributed by atoms with E-state index in [1.54, 1.807) is 0 Å². The Morgan fingerprint density at radius 1 is 1.05 bits per heavy atom. The highest BCUT2D eigenvalue weighted by molar-refractivity contribution is 5.39. The molecule has 0 aromatic heterocycles. The highest BCUT2D eigenvalue weighted by Gasteiger charge is 2.29. The minimum absolute atomic E-state index is 0.0305. The normalized spacial score (nSPS) is 19.0. The lowest BCUT2D eigenvalue weighted by atomic mass is 9.86. The summed E-state index contributed by atoms with van der Waals surface area (Å²) in [4.78, 5) is 0. The summed E-state index contributed by atoms with van der Waals surface area (Å²) in [6, 6.07) is 16.7. The molecule has 0 amide bonds. The maximum Gasteiger partial charge on any atom is 0.123 e. The van der Waals surface area contributed by atoms with Gasteiger partial charge in [0.1, 0.15) is 11.9 Å². The third-order valence-corrected chi connectivity index (χ3v) is 4.23. The fourth-order valence-electron chi connectivity index (χ4n) is 2.83. The SMILES string of the molecule is CC(C)(C)c1ccc(C(N)C2Cc3ccccc3O2)cc1. The molecule has 0 saturated carbocycles. The summed E-state index contributed by atoms with van der Waals surface area (Å²) in [5.41, 5.74) is 10.3. The van der Waals surface area contributed by atoms with Crippen LogP contribution in [0.25, 0.3) is 0 Å². The Bertz CT molecular complexity index is 600. The molecule has 1 aliphatic heterocycles. The molecule has 1 aliphatic rings. The van der Waals surface area contributed by atoms with Crippen molar-refractivity contribution in [1.29, 1.82) is 0 Å². The lowest BCUT2D eigenvalue weighted by Crippen LogP contribution is -2.30. The second-order valence-electron chi connectivity index (χ2n) is 6.87. The molecule has 2 nitrogen and oxygen atoms in total. The first kappa shape index (κ1) is 14.2. The van der Waals surface area contributed by atoms with E-state index in [1.807, 2.05) is 18.2 Å². The molecule has 0 saturated heterocycles. The van der Waals surface area contributed by atoms with Crippen LogP contribution in [0.1, 0.15) is 43.5 Å². The third-order valence-electron chi connectivity index (χ3n) is 4.23. The molecule has 2 aromatic carbocycles. The van der Waals surface area contributed by atoms with Crippen molar-refractivity contribution in [3.63, 3.8) is 0 Å². The Hall–Kier alpha value is -1.80. The molecule has 1 heterocycles. The molecule has 0 spiro atoms. The molecule has 21 heavy (non-hydrogen) atoms. The van der Waals surface area contributed by atoms with Gasteiger partial charge in [-0.3, -0.25) is 0 Å². The molecule has 110 valence electrons. The van der Waals surface area contributed by atoms with Gasteiger partial charge in [0.05, 0.1) is 6.04 Å². The average molecular weight is 281 g/mol. The highest BCUT2D eigenvalue weighted by Crippen LogP contribution is 2.33. The van der Waals surface area contributed by atoms with Crippen molar-refractivity contribution in [2.75, 3.05) is 0 Å². The fourth-order valence-corrected chi connectivity index (χ4v) is 2.83. The van der Waals surface area contributed by atoms with Crippen LogP contribution in [0.4, 0.5) is 0 Å². The van der Waals surface area contributed by atoms with E-state index in [2.05, 4.69) is 51.1 Å². The van der Waals surface area contributed by atoms with Crippen LogP contribution in [0, 0.1) is 0 Å². The van der Waals surface area contributed by atoms with E-state index in [1.165, 1.54) is 11.1 Å². The summed E-state index contributed by atoms with van der Waals surface area (Å²) in [7, 11) is 0. The number of benzene rings is 2. The Labute approximate surface area is 126 Å². The second-order valence-corrected chi connectivity index (χ2v) is 6.87. The fraction of sp³-hybridized carbons (Fsp3) is 0.368. The van der Waals surface area contributed by atoms with Gasteiger partial charge in [-0.1, -0.05) is 63.2 Å². The molecular weight excluding hydrogens is 258 g/mol. The van der Waals surface area contributed by atoms with E-state index in [0.29, 0.717) is 0 Å². The molecule has 3 rings (SSSR count). The van der Waals surface area contributed by atoms with Crippen LogP contribution in [-0.4, -0.2) is 6.10 Å². The summed E-state index contributed by atoms with van der Waals surface area (Å²) in [5.74, 6) is 0.976. The number of fused-ring (bicyclic) bond motifs is 1. The van der Waals surface area contributed by atoms with Crippen molar-refractivity contribution in [2.45, 2.75) is 44.8 Å². The first-order valence-corrected chi connectivity index (χ1v) is 7.56. The van der Waals surface area contributed by atoms with Crippen LogP contribution in [0.3, 0.4) is 0 Å². The van der Waals surface area contributed by atoms with Gasteiger partial charge in [-0.25, -0.2) is 0 Å². The van der Waals surface area contributed by atoms with Gasteiger partial charge in [-0.2, -0.15) is 0 Å². The third kappa shape index (κ3) is 2.81. The van der Waals surface area contributed by atoms with Gasteiger partial charge in [0.15, 0.2) is 0 Å². The zero-order valence-electron chi connectivity index (χ0n) is 13.0. The quantitative estimate of drug-likeness (QED) is 0.903. The van der Waals surface area contributed by atoms with Gasteiger partial charge in [0.25, 0.3) is 0 Å². The van der Waals surface area contributed by atoms with Crippen LogP contribution in [0.15, 0.2) is 48.5 Å². The number of ether oxygens (including phenoxy) is 1. The Morgan fingerprint density at radius 3 is 2.33 bits per heavy atom. The van der Waals surface area contributed by atoms with Gasteiger partial charge < -0.3 is 10.5 Å². The molecule has 2 aromatic rings. The van der Waals surface area contributed by atoms with E-state index >= 15 is 0 Å². The maximum atomic E-state index is 6.41. The van der Waals surface area contributed by atoms with Crippen molar-refractivity contribution >= 4 is 0 Å². The average Bonchev–Trinajstić information content (AvgIpc) is 2.89. The Kier molecular flexibility index (Phi) is 3.50.